The second kappa shape index (κ2) is 4.94. The number of nitro groups is 1. The van der Waals surface area contributed by atoms with Crippen LogP contribution in [-0.4, -0.2) is 42.0 Å². The Bertz CT molecular complexity index is 713. The van der Waals surface area contributed by atoms with Crippen LogP contribution < -0.4 is 9.47 Å². The molecule has 0 aromatic heterocycles. The largest absolute Gasteiger partial charge is 0.493 e. The Kier molecular flexibility index (Phi) is 3.38. The van der Waals surface area contributed by atoms with Gasteiger partial charge in [-0.1, -0.05) is 0 Å². The molecule has 2 heterocycles. The monoisotopic (exact) mass is 320 g/mol. The second-order valence-corrected chi connectivity index (χ2v) is 6.49. The van der Waals surface area contributed by atoms with Crippen molar-refractivity contribution >= 4 is 11.8 Å². The van der Waals surface area contributed by atoms with Crippen molar-refractivity contribution in [1.29, 1.82) is 0 Å². The molecule has 3 rings (SSSR count). The van der Waals surface area contributed by atoms with E-state index in [2.05, 4.69) is 13.8 Å². The maximum absolute atomic E-state index is 11.1. The van der Waals surface area contributed by atoms with Gasteiger partial charge in [0.05, 0.1) is 24.7 Å². The SMILES string of the molecule is COc1cc([N+](=O)[O-])cc2c1OC1(OCC(C)(C)N1C)C(C)=C2. The lowest BCUT2D eigenvalue weighted by atomic mass is 10.0. The Morgan fingerprint density at radius 2 is 2.09 bits per heavy atom. The highest BCUT2D eigenvalue weighted by Crippen LogP contribution is 2.48. The van der Waals surface area contributed by atoms with Crippen LogP contribution >= 0.6 is 0 Å². The summed E-state index contributed by atoms with van der Waals surface area (Å²) in [5.74, 6) is -0.243. The van der Waals surface area contributed by atoms with Crippen molar-refractivity contribution in [2.75, 3.05) is 20.8 Å². The van der Waals surface area contributed by atoms with Gasteiger partial charge in [-0.3, -0.25) is 10.1 Å². The summed E-state index contributed by atoms with van der Waals surface area (Å²) in [5.41, 5.74) is 1.22. The Hall–Kier alpha value is -2.12. The van der Waals surface area contributed by atoms with Crippen LogP contribution in [-0.2, 0) is 4.74 Å². The van der Waals surface area contributed by atoms with Gasteiger partial charge < -0.3 is 14.2 Å². The van der Waals surface area contributed by atoms with E-state index >= 15 is 0 Å². The number of non-ortho nitro benzene ring substituents is 1. The molecular weight excluding hydrogens is 300 g/mol. The number of ether oxygens (including phenoxy) is 3. The van der Waals surface area contributed by atoms with Gasteiger partial charge in [0.15, 0.2) is 11.5 Å². The van der Waals surface area contributed by atoms with Crippen molar-refractivity contribution in [3.63, 3.8) is 0 Å². The zero-order chi connectivity index (χ0) is 17.0. The minimum atomic E-state index is -1.01. The van der Waals surface area contributed by atoms with Crippen molar-refractivity contribution < 1.29 is 19.1 Å². The zero-order valence-electron chi connectivity index (χ0n) is 13.9. The molecular formula is C16H20N2O5. The quantitative estimate of drug-likeness (QED) is 0.616. The molecule has 23 heavy (non-hydrogen) atoms. The van der Waals surface area contributed by atoms with E-state index in [9.17, 15) is 10.1 Å². The number of methoxy groups -OCH3 is 1. The maximum Gasteiger partial charge on any atom is 0.297 e. The summed E-state index contributed by atoms with van der Waals surface area (Å²) < 4.78 is 17.5. The molecule has 2 aliphatic rings. The molecule has 124 valence electrons. The number of hydrogen-bond donors (Lipinski definition) is 0. The van der Waals surface area contributed by atoms with Gasteiger partial charge in [-0.15, -0.1) is 0 Å². The molecule has 1 spiro atoms. The average Bonchev–Trinajstić information content (AvgIpc) is 2.72. The molecule has 1 atom stereocenters. The Morgan fingerprint density at radius 1 is 1.39 bits per heavy atom. The van der Waals surface area contributed by atoms with Crippen LogP contribution in [0.2, 0.25) is 0 Å². The minimum absolute atomic E-state index is 0.0368. The standard InChI is InChI=1S/C16H20N2O5/c1-10-6-11-7-12(18(19)20)8-13(21-5)14(11)23-16(10)17(4)15(2,3)9-22-16/h6-8H,9H2,1-5H3. The van der Waals surface area contributed by atoms with Gasteiger partial charge in [0.25, 0.3) is 11.6 Å². The van der Waals surface area contributed by atoms with E-state index < -0.39 is 10.8 Å². The molecule has 1 aromatic carbocycles. The fraction of sp³-hybridized carbons (Fsp3) is 0.500. The average molecular weight is 320 g/mol. The normalized spacial score (nSPS) is 25.7. The molecule has 0 radical (unpaired) electrons. The Balaban J connectivity index is 2.14. The first-order valence-corrected chi connectivity index (χ1v) is 7.33. The van der Waals surface area contributed by atoms with Crippen molar-refractivity contribution in [3.8, 4) is 11.5 Å². The van der Waals surface area contributed by atoms with Crippen molar-refractivity contribution in [2.45, 2.75) is 32.2 Å². The van der Waals surface area contributed by atoms with Gasteiger partial charge >= 0.3 is 0 Å². The van der Waals surface area contributed by atoms with Crippen LogP contribution in [0, 0.1) is 10.1 Å². The lowest BCUT2D eigenvalue weighted by Gasteiger charge is -2.41. The summed E-state index contributed by atoms with van der Waals surface area (Å²) in [6, 6.07) is 2.84. The summed E-state index contributed by atoms with van der Waals surface area (Å²) in [6.07, 6.45) is 1.85. The Labute approximate surface area is 134 Å². The lowest BCUT2D eigenvalue weighted by molar-refractivity contribution is -0.385. The predicted molar refractivity (Wildman–Crippen MR) is 84.5 cm³/mol. The summed E-state index contributed by atoms with van der Waals surface area (Å²) in [6.45, 7) is 6.55. The van der Waals surface area contributed by atoms with Gasteiger partial charge in [-0.05, 0) is 33.9 Å². The molecule has 1 saturated heterocycles. The molecule has 2 aliphatic heterocycles. The van der Waals surface area contributed by atoms with Crippen LogP contribution in [0.25, 0.3) is 6.08 Å². The highest BCUT2D eigenvalue weighted by molar-refractivity contribution is 5.70. The topological polar surface area (TPSA) is 74.1 Å². The first kappa shape index (κ1) is 15.8. The van der Waals surface area contributed by atoms with Crippen LogP contribution in [0.3, 0.4) is 0 Å². The molecule has 7 heteroatoms. The minimum Gasteiger partial charge on any atom is -0.493 e. The van der Waals surface area contributed by atoms with Crippen molar-refractivity contribution in [1.82, 2.24) is 4.90 Å². The molecule has 1 unspecified atom stereocenters. The molecule has 0 N–H and O–H groups in total. The highest BCUT2D eigenvalue weighted by Gasteiger charge is 2.55. The molecule has 1 fully saturated rings. The molecule has 0 bridgehead atoms. The summed E-state index contributed by atoms with van der Waals surface area (Å²) >= 11 is 0. The second-order valence-electron chi connectivity index (χ2n) is 6.49. The maximum atomic E-state index is 11.1. The molecule has 0 saturated carbocycles. The molecule has 0 aliphatic carbocycles. The molecule has 0 amide bonds. The summed E-state index contributed by atoms with van der Waals surface area (Å²) in [5, 5.41) is 11.1. The van der Waals surface area contributed by atoms with Crippen LogP contribution in [0.4, 0.5) is 5.69 Å². The van der Waals surface area contributed by atoms with E-state index in [0.717, 1.165) is 5.57 Å². The highest BCUT2D eigenvalue weighted by atomic mass is 16.7. The first-order valence-electron chi connectivity index (χ1n) is 7.33. The van der Waals surface area contributed by atoms with Gasteiger partial charge in [0.2, 0.25) is 0 Å². The van der Waals surface area contributed by atoms with Gasteiger partial charge in [-0.25, -0.2) is 4.90 Å². The number of nitro benzene ring substituents is 1. The molecule has 1 aromatic rings. The number of nitrogens with zero attached hydrogens (tertiary/aromatic N) is 2. The third kappa shape index (κ3) is 2.19. The summed E-state index contributed by atoms with van der Waals surface area (Å²) in [7, 11) is 3.40. The van der Waals surface area contributed by atoms with E-state index in [-0.39, 0.29) is 11.2 Å². The van der Waals surface area contributed by atoms with E-state index in [4.69, 9.17) is 14.2 Å². The fourth-order valence-electron chi connectivity index (χ4n) is 2.97. The predicted octanol–water partition coefficient (Wildman–Crippen LogP) is 2.79. The van der Waals surface area contributed by atoms with Crippen molar-refractivity contribution in [2.24, 2.45) is 0 Å². The van der Waals surface area contributed by atoms with Crippen molar-refractivity contribution in [3.05, 3.63) is 33.4 Å². The number of hydrogen-bond acceptors (Lipinski definition) is 6. The number of likely N-dealkylation sites (N-methyl/N-ethyl adjacent to an activating group) is 1. The number of benzene rings is 1. The zero-order valence-corrected chi connectivity index (χ0v) is 13.9. The number of rotatable bonds is 2. The van der Waals surface area contributed by atoms with Gasteiger partial charge in [0, 0.05) is 22.7 Å². The van der Waals surface area contributed by atoms with E-state index in [1.54, 1.807) is 0 Å². The number of fused-ring (bicyclic) bond motifs is 1. The fourth-order valence-corrected chi connectivity index (χ4v) is 2.97. The third-order valence-electron chi connectivity index (χ3n) is 4.58. The van der Waals surface area contributed by atoms with Crippen LogP contribution in [0.15, 0.2) is 17.7 Å². The lowest BCUT2D eigenvalue weighted by Crippen LogP contribution is -2.55. The van der Waals surface area contributed by atoms with Gasteiger partial charge in [0.1, 0.15) is 0 Å². The smallest absolute Gasteiger partial charge is 0.297 e. The Morgan fingerprint density at radius 3 is 2.61 bits per heavy atom. The first-order chi connectivity index (χ1) is 10.7. The third-order valence-corrected chi connectivity index (χ3v) is 4.58. The van der Waals surface area contributed by atoms with Crippen LogP contribution in [0.5, 0.6) is 11.5 Å². The molecule has 7 nitrogen and oxygen atoms in total. The van der Waals surface area contributed by atoms with E-state index in [0.29, 0.717) is 23.7 Å². The summed E-state index contributed by atoms with van der Waals surface area (Å²) in [4.78, 5) is 12.7. The van der Waals surface area contributed by atoms with E-state index in [1.807, 2.05) is 24.9 Å². The van der Waals surface area contributed by atoms with Crippen LogP contribution in [0.1, 0.15) is 26.3 Å². The van der Waals surface area contributed by atoms with Gasteiger partial charge in [-0.2, -0.15) is 0 Å². The van der Waals surface area contributed by atoms with E-state index in [1.165, 1.54) is 19.2 Å².